The third kappa shape index (κ3) is 2.92. The van der Waals surface area contributed by atoms with E-state index < -0.39 is 5.60 Å². The quantitative estimate of drug-likeness (QED) is 0.724. The summed E-state index contributed by atoms with van der Waals surface area (Å²) in [6, 6.07) is 0. The van der Waals surface area contributed by atoms with Crippen molar-refractivity contribution >= 4 is 0 Å². The minimum absolute atomic E-state index is 0.405. The van der Waals surface area contributed by atoms with Crippen LogP contribution < -0.4 is 5.32 Å². The van der Waals surface area contributed by atoms with Gasteiger partial charge in [-0.15, -0.1) is 0 Å². The van der Waals surface area contributed by atoms with Crippen molar-refractivity contribution < 1.29 is 5.11 Å². The van der Waals surface area contributed by atoms with E-state index >= 15 is 0 Å². The van der Waals surface area contributed by atoms with Crippen LogP contribution in [-0.4, -0.2) is 23.8 Å². The monoisotopic (exact) mass is 237 g/mol. The lowest BCUT2D eigenvalue weighted by Gasteiger charge is -2.42. The second-order valence-corrected chi connectivity index (χ2v) is 5.67. The lowest BCUT2D eigenvalue weighted by atomic mass is 9.72. The van der Waals surface area contributed by atoms with Crippen LogP contribution in [0.1, 0.15) is 58.3 Å². The van der Waals surface area contributed by atoms with Crippen LogP contribution in [0.15, 0.2) is 11.6 Å². The average molecular weight is 237 g/mol. The molecule has 1 aliphatic heterocycles. The maximum atomic E-state index is 11.1. The third-order valence-electron chi connectivity index (χ3n) is 4.59. The Kier molecular flexibility index (Phi) is 4.63. The molecule has 2 unspecified atom stereocenters. The number of allylic oxidation sites excluding steroid dienone is 1. The van der Waals surface area contributed by atoms with E-state index in [0.717, 1.165) is 32.4 Å². The van der Waals surface area contributed by atoms with Gasteiger partial charge in [-0.3, -0.25) is 0 Å². The highest BCUT2D eigenvalue weighted by atomic mass is 16.3. The van der Waals surface area contributed by atoms with Gasteiger partial charge in [-0.05, 0) is 50.6 Å². The summed E-state index contributed by atoms with van der Waals surface area (Å²) >= 11 is 0. The number of nitrogens with one attached hydrogen (secondary N) is 1. The average Bonchev–Trinajstić information content (AvgIpc) is 2.28. The van der Waals surface area contributed by atoms with Crippen molar-refractivity contribution in [2.24, 2.45) is 5.92 Å². The molecule has 0 radical (unpaired) electrons. The number of hydrogen-bond donors (Lipinski definition) is 2. The Hall–Kier alpha value is -0.340. The first-order chi connectivity index (χ1) is 8.27. The summed E-state index contributed by atoms with van der Waals surface area (Å²) in [5, 5.41) is 14.5. The fourth-order valence-electron chi connectivity index (χ4n) is 3.42. The van der Waals surface area contributed by atoms with Crippen molar-refractivity contribution in [3.63, 3.8) is 0 Å². The number of aliphatic hydroxyl groups is 1. The summed E-state index contributed by atoms with van der Waals surface area (Å²) in [7, 11) is 0. The van der Waals surface area contributed by atoms with Crippen LogP contribution >= 0.6 is 0 Å². The molecule has 0 aromatic rings. The highest BCUT2D eigenvalue weighted by Crippen LogP contribution is 2.37. The van der Waals surface area contributed by atoms with Gasteiger partial charge in [0.25, 0.3) is 0 Å². The highest BCUT2D eigenvalue weighted by molar-refractivity contribution is 5.20. The fourth-order valence-corrected chi connectivity index (χ4v) is 3.42. The second kappa shape index (κ2) is 6.01. The van der Waals surface area contributed by atoms with Gasteiger partial charge in [-0.2, -0.15) is 0 Å². The van der Waals surface area contributed by atoms with E-state index in [1.54, 1.807) is 0 Å². The van der Waals surface area contributed by atoms with Gasteiger partial charge in [0.1, 0.15) is 0 Å². The SMILES string of the molecule is CCC1CNCCC1(O)C1=CCCCCCC1. The highest BCUT2D eigenvalue weighted by Gasteiger charge is 2.40. The number of hydrogen-bond acceptors (Lipinski definition) is 2. The van der Waals surface area contributed by atoms with Crippen LogP contribution in [0, 0.1) is 5.92 Å². The van der Waals surface area contributed by atoms with E-state index in [2.05, 4.69) is 18.3 Å². The summed E-state index contributed by atoms with van der Waals surface area (Å²) in [6.45, 7) is 4.14. The van der Waals surface area contributed by atoms with Crippen molar-refractivity contribution in [1.29, 1.82) is 0 Å². The van der Waals surface area contributed by atoms with Crippen molar-refractivity contribution in [2.75, 3.05) is 13.1 Å². The van der Waals surface area contributed by atoms with Gasteiger partial charge >= 0.3 is 0 Å². The smallest absolute Gasteiger partial charge is 0.0908 e. The molecule has 17 heavy (non-hydrogen) atoms. The van der Waals surface area contributed by atoms with E-state index in [-0.39, 0.29) is 0 Å². The Morgan fingerprint density at radius 2 is 2.18 bits per heavy atom. The van der Waals surface area contributed by atoms with Crippen LogP contribution in [0.4, 0.5) is 0 Å². The second-order valence-electron chi connectivity index (χ2n) is 5.67. The van der Waals surface area contributed by atoms with E-state index in [1.807, 2.05) is 0 Å². The molecule has 1 fully saturated rings. The molecule has 0 aromatic heterocycles. The zero-order chi connectivity index (χ0) is 12.1. The predicted octanol–water partition coefficient (Wildman–Crippen LogP) is 3.02. The largest absolute Gasteiger partial charge is 0.385 e. The van der Waals surface area contributed by atoms with Gasteiger partial charge in [0.2, 0.25) is 0 Å². The lowest BCUT2D eigenvalue weighted by molar-refractivity contribution is -0.0121. The van der Waals surface area contributed by atoms with Gasteiger partial charge in [-0.1, -0.05) is 25.8 Å². The Morgan fingerprint density at radius 1 is 1.35 bits per heavy atom. The van der Waals surface area contributed by atoms with Crippen molar-refractivity contribution in [3.8, 4) is 0 Å². The molecule has 1 aliphatic carbocycles. The maximum absolute atomic E-state index is 11.1. The van der Waals surface area contributed by atoms with Crippen LogP contribution in [-0.2, 0) is 0 Å². The molecule has 2 aliphatic rings. The first-order valence-corrected chi connectivity index (χ1v) is 7.40. The van der Waals surface area contributed by atoms with E-state index in [9.17, 15) is 5.11 Å². The molecule has 0 bridgehead atoms. The van der Waals surface area contributed by atoms with Crippen molar-refractivity contribution in [2.45, 2.75) is 63.9 Å². The van der Waals surface area contributed by atoms with Crippen LogP contribution in [0.25, 0.3) is 0 Å². The van der Waals surface area contributed by atoms with Crippen molar-refractivity contribution in [3.05, 3.63) is 11.6 Å². The molecule has 2 atom stereocenters. The summed E-state index contributed by atoms with van der Waals surface area (Å²) in [5.74, 6) is 0.405. The molecule has 0 amide bonds. The molecule has 0 saturated carbocycles. The predicted molar refractivity (Wildman–Crippen MR) is 72.0 cm³/mol. The van der Waals surface area contributed by atoms with Gasteiger partial charge < -0.3 is 10.4 Å². The first-order valence-electron chi connectivity index (χ1n) is 7.40. The van der Waals surface area contributed by atoms with Crippen molar-refractivity contribution in [1.82, 2.24) is 5.32 Å². The van der Waals surface area contributed by atoms with Gasteiger partial charge in [0.15, 0.2) is 0 Å². The molecule has 1 heterocycles. The summed E-state index contributed by atoms with van der Waals surface area (Å²) in [6.07, 6.45) is 11.9. The Bertz CT molecular complexity index is 274. The first kappa shape index (κ1) is 13.1. The van der Waals surface area contributed by atoms with Gasteiger partial charge in [-0.25, -0.2) is 0 Å². The minimum atomic E-state index is -0.503. The summed E-state index contributed by atoms with van der Waals surface area (Å²) < 4.78 is 0. The van der Waals surface area contributed by atoms with Gasteiger partial charge in [0.05, 0.1) is 5.60 Å². The molecular weight excluding hydrogens is 210 g/mol. The molecule has 2 heteroatoms. The summed E-state index contributed by atoms with van der Waals surface area (Å²) in [4.78, 5) is 0. The van der Waals surface area contributed by atoms with Crippen LogP contribution in [0.5, 0.6) is 0 Å². The normalized spacial score (nSPS) is 35.9. The third-order valence-corrected chi connectivity index (χ3v) is 4.59. The topological polar surface area (TPSA) is 32.3 Å². The zero-order valence-electron chi connectivity index (χ0n) is 11.2. The summed E-state index contributed by atoms with van der Waals surface area (Å²) in [5.41, 5.74) is 0.850. The molecule has 2 rings (SSSR count). The molecule has 2 N–H and O–H groups in total. The fraction of sp³-hybridized carbons (Fsp3) is 0.867. The number of piperidine rings is 1. The minimum Gasteiger partial charge on any atom is -0.385 e. The van der Waals surface area contributed by atoms with Gasteiger partial charge in [0, 0.05) is 12.5 Å². The lowest BCUT2D eigenvalue weighted by Crippen LogP contribution is -2.51. The van der Waals surface area contributed by atoms with E-state index in [0.29, 0.717) is 5.92 Å². The molecule has 98 valence electrons. The Labute approximate surface area is 105 Å². The molecular formula is C15H27NO. The maximum Gasteiger partial charge on any atom is 0.0908 e. The Morgan fingerprint density at radius 3 is 3.00 bits per heavy atom. The van der Waals surface area contributed by atoms with E-state index in [1.165, 1.54) is 37.7 Å². The van der Waals surface area contributed by atoms with E-state index in [4.69, 9.17) is 0 Å². The zero-order valence-corrected chi connectivity index (χ0v) is 11.2. The van der Waals surface area contributed by atoms with Crippen LogP contribution in [0.3, 0.4) is 0 Å². The Balaban J connectivity index is 2.15. The van der Waals surface area contributed by atoms with Crippen LogP contribution in [0.2, 0.25) is 0 Å². The molecule has 1 saturated heterocycles. The molecule has 0 aromatic carbocycles. The molecule has 2 nitrogen and oxygen atoms in total. The standard InChI is InChI=1S/C15H27NO/c1-2-13-12-16-11-10-15(13,17)14-8-6-4-3-5-7-9-14/h8,13,16-17H,2-7,9-12H2,1H3. The number of rotatable bonds is 2. The molecule has 0 spiro atoms.